The normalized spacial score (nSPS) is 13.6. The summed E-state index contributed by atoms with van der Waals surface area (Å²) in [5, 5.41) is 14.6. The molecule has 8 heteroatoms. The Bertz CT molecular complexity index is 1350. The predicted molar refractivity (Wildman–Crippen MR) is 128 cm³/mol. The lowest BCUT2D eigenvalue weighted by atomic mass is 10.0. The summed E-state index contributed by atoms with van der Waals surface area (Å²) in [6.45, 7) is 5.56. The van der Waals surface area contributed by atoms with Crippen LogP contribution in [0.1, 0.15) is 22.3 Å². The van der Waals surface area contributed by atoms with Gasteiger partial charge in [-0.3, -0.25) is 19.7 Å². The van der Waals surface area contributed by atoms with Crippen LogP contribution >= 0.6 is 11.6 Å². The number of nitrogens with one attached hydrogen (secondary N) is 1. The first kappa shape index (κ1) is 22.2. The summed E-state index contributed by atoms with van der Waals surface area (Å²) in [5.74, 6) is -1.02. The Morgan fingerprint density at radius 2 is 1.55 bits per heavy atom. The number of carbonyl (C=O) groups excluding carboxylic acids is 2. The lowest BCUT2D eigenvalue weighted by Gasteiger charge is -2.18. The average Bonchev–Trinajstić information content (AvgIpc) is 3.02. The smallest absolute Gasteiger partial charge is 0.282 e. The highest BCUT2D eigenvalue weighted by Gasteiger charge is 2.41. The first-order valence-corrected chi connectivity index (χ1v) is 10.5. The van der Waals surface area contributed by atoms with Gasteiger partial charge in [-0.1, -0.05) is 29.8 Å². The molecule has 7 nitrogen and oxygen atoms in total. The minimum absolute atomic E-state index is 0.0834. The lowest BCUT2D eigenvalue weighted by molar-refractivity contribution is -0.384. The van der Waals surface area contributed by atoms with Crippen LogP contribution in [-0.4, -0.2) is 16.7 Å². The molecule has 1 heterocycles. The fourth-order valence-corrected chi connectivity index (χ4v) is 3.88. The molecule has 166 valence electrons. The van der Waals surface area contributed by atoms with Gasteiger partial charge in [0.25, 0.3) is 17.5 Å². The molecule has 0 radical (unpaired) electrons. The van der Waals surface area contributed by atoms with Gasteiger partial charge in [0, 0.05) is 22.8 Å². The summed E-state index contributed by atoms with van der Waals surface area (Å²) in [5.41, 5.74) is 4.09. The number of hydrogen-bond donors (Lipinski definition) is 1. The van der Waals surface area contributed by atoms with E-state index < -0.39 is 16.7 Å². The number of hydrogen-bond acceptors (Lipinski definition) is 5. The van der Waals surface area contributed by atoms with Crippen molar-refractivity contribution >= 4 is 46.1 Å². The van der Waals surface area contributed by atoms with Crippen LogP contribution in [0.2, 0.25) is 5.02 Å². The molecule has 0 fully saturated rings. The first-order chi connectivity index (χ1) is 15.7. The van der Waals surface area contributed by atoms with E-state index in [0.29, 0.717) is 22.0 Å². The van der Waals surface area contributed by atoms with Gasteiger partial charge in [-0.15, -0.1) is 0 Å². The molecule has 0 aromatic heterocycles. The zero-order valence-corrected chi connectivity index (χ0v) is 18.9. The maximum absolute atomic E-state index is 13.6. The first-order valence-electron chi connectivity index (χ1n) is 10.2. The van der Waals surface area contributed by atoms with Gasteiger partial charge >= 0.3 is 0 Å². The van der Waals surface area contributed by atoms with Crippen LogP contribution in [0.3, 0.4) is 0 Å². The molecule has 2 amide bonds. The summed E-state index contributed by atoms with van der Waals surface area (Å²) in [7, 11) is 0. The maximum atomic E-state index is 13.6. The van der Waals surface area contributed by atoms with Gasteiger partial charge in [0.1, 0.15) is 5.70 Å². The molecule has 0 unspecified atom stereocenters. The number of nitro benzene ring substituents is 1. The molecule has 1 N–H and O–H groups in total. The van der Waals surface area contributed by atoms with Crippen LogP contribution in [0, 0.1) is 30.9 Å². The Labute approximate surface area is 195 Å². The van der Waals surface area contributed by atoms with Gasteiger partial charge in [-0.2, -0.15) is 0 Å². The van der Waals surface area contributed by atoms with E-state index in [1.165, 1.54) is 24.3 Å². The number of amides is 2. The third kappa shape index (κ3) is 4.10. The summed E-state index contributed by atoms with van der Waals surface area (Å²) in [6.07, 6.45) is 0. The number of nitrogens with zero attached hydrogens (tertiary/aromatic N) is 2. The van der Waals surface area contributed by atoms with E-state index in [2.05, 4.69) is 5.32 Å². The Balaban J connectivity index is 1.87. The van der Waals surface area contributed by atoms with Crippen LogP contribution in [0.25, 0.3) is 5.57 Å². The van der Waals surface area contributed by atoms with E-state index >= 15 is 0 Å². The molecule has 1 aliphatic heterocycles. The van der Waals surface area contributed by atoms with E-state index in [4.69, 9.17) is 11.6 Å². The van der Waals surface area contributed by atoms with Crippen molar-refractivity contribution in [3.8, 4) is 0 Å². The predicted octanol–water partition coefficient (Wildman–Crippen LogP) is 5.57. The highest BCUT2D eigenvalue weighted by Crippen LogP contribution is 2.36. The molecule has 0 saturated carbocycles. The molecule has 3 aromatic rings. The quantitative estimate of drug-likeness (QED) is 0.304. The number of nitro groups is 1. The molecule has 33 heavy (non-hydrogen) atoms. The number of imide groups is 1. The molecule has 0 bridgehead atoms. The standard InChI is InChI=1S/C25H20ClN3O4/c1-14-4-5-16(3)21(12-14)28-24(30)22(17-7-10-19(11-8-17)29(32)33)23(25(28)31)27-20-13-18(26)9-6-15(20)2/h4-13,27H,1-3H3. The number of aryl methyl sites for hydroxylation is 3. The third-order valence-electron chi connectivity index (χ3n) is 5.52. The number of non-ortho nitro benzene ring substituents is 1. The zero-order valence-electron chi connectivity index (χ0n) is 18.2. The Morgan fingerprint density at radius 1 is 0.879 bits per heavy atom. The molecule has 0 atom stereocenters. The van der Waals surface area contributed by atoms with Crippen LogP contribution in [0.5, 0.6) is 0 Å². The number of halogens is 1. The molecular weight excluding hydrogens is 442 g/mol. The van der Waals surface area contributed by atoms with E-state index in [0.717, 1.165) is 21.6 Å². The fraction of sp³-hybridized carbons (Fsp3) is 0.120. The van der Waals surface area contributed by atoms with E-state index in [-0.39, 0.29) is 17.0 Å². The largest absolute Gasteiger partial charge is 0.350 e. The average molecular weight is 462 g/mol. The molecule has 4 rings (SSSR count). The van der Waals surface area contributed by atoms with Crippen molar-refractivity contribution in [1.82, 2.24) is 0 Å². The summed E-state index contributed by atoms with van der Waals surface area (Å²) < 4.78 is 0. The van der Waals surface area contributed by atoms with Gasteiger partial charge < -0.3 is 5.32 Å². The summed E-state index contributed by atoms with van der Waals surface area (Å²) in [4.78, 5) is 38.9. The minimum atomic E-state index is -0.517. The minimum Gasteiger partial charge on any atom is -0.350 e. The van der Waals surface area contributed by atoms with Crippen molar-refractivity contribution < 1.29 is 14.5 Å². The lowest BCUT2D eigenvalue weighted by Crippen LogP contribution is -2.33. The SMILES string of the molecule is Cc1ccc(C)c(N2C(=O)C(Nc3cc(Cl)ccc3C)=C(c3ccc([N+](=O)[O-])cc3)C2=O)c1. The molecule has 0 saturated heterocycles. The van der Waals surface area contributed by atoms with E-state index in [1.807, 2.05) is 32.9 Å². The number of carbonyl (C=O) groups is 2. The summed E-state index contributed by atoms with van der Waals surface area (Å²) >= 11 is 6.15. The molecule has 3 aromatic carbocycles. The van der Waals surface area contributed by atoms with Crippen LogP contribution in [0.4, 0.5) is 17.1 Å². The van der Waals surface area contributed by atoms with Gasteiger partial charge in [0.15, 0.2) is 0 Å². The highest BCUT2D eigenvalue weighted by molar-refractivity contribution is 6.46. The maximum Gasteiger partial charge on any atom is 0.282 e. The van der Waals surface area contributed by atoms with E-state index in [1.54, 1.807) is 24.3 Å². The second-order valence-electron chi connectivity index (χ2n) is 7.87. The molecular formula is C25H20ClN3O4. The summed E-state index contributed by atoms with van der Waals surface area (Å²) in [6, 6.07) is 16.3. The van der Waals surface area contributed by atoms with Crippen molar-refractivity contribution in [2.75, 3.05) is 10.2 Å². The Kier molecular flexibility index (Phi) is 5.74. The Hall–Kier alpha value is -3.97. The zero-order chi connectivity index (χ0) is 23.9. The van der Waals surface area contributed by atoms with E-state index in [9.17, 15) is 19.7 Å². The third-order valence-corrected chi connectivity index (χ3v) is 5.75. The second-order valence-corrected chi connectivity index (χ2v) is 8.31. The van der Waals surface area contributed by atoms with Gasteiger partial charge in [0.05, 0.1) is 16.2 Å². The number of benzene rings is 3. The van der Waals surface area contributed by atoms with Crippen molar-refractivity contribution in [3.63, 3.8) is 0 Å². The second kappa shape index (κ2) is 8.52. The van der Waals surface area contributed by atoms with Crippen molar-refractivity contribution in [2.24, 2.45) is 0 Å². The molecule has 0 aliphatic carbocycles. The van der Waals surface area contributed by atoms with Gasteiger partial charge in [0.2, 0.25) is 0 Å². The Morgan fingerprint density at radius 3 is 2.21 bits per heavy atom. The number of rotatable bonds is 5. The van der Waals surface area contributed by atoms with Gasteiger partial charge in [-0.25, -0.2) is 4.90 Å². The monoisotopic (exact) mass is 461 g/mol. The highest BCUT2D eigenvalue weighted by atomic mass is 35.5. The number of anilines is 2. The van der Waals surface area contributed by atoms with Crippen LogP contribution in [0.15, 0.2) is 66.4 Å². The fourth-order valence-electron chi connectivity index (χ4n) is 3.71. The molecule has 1 aliphatic rings. The van der Waals surface area contributed by atoms with Crippen LogP contribution in [-0.2, 0) is 9.59 Å². The van der Waals surface area contributed by atoms with Crippen molar-refractivity contribution in [3.05, 3.63) is 104 Å². The topological polar surface area (TPSA) is 92.6 Å². The van der Waals surface area contributed by atoms with Gasteiger partial charge in [-0.05, 0) is 73.4 Å². The van der Waals surface area contributed by atoms with Crippen LogP contribution < -0.4 is 10.2 Å². The van der Waals surface area contributed by atoms with Crippen molar-refractivity contribution in [1.29, 1.82) is 0 Å². The van der Waals surface area contributed by atoms with Crippen molar-refractivity contribution in [2.45, 2.75) is 20.8 Å². The molecule has 0 spiro atoms.